The van der Waals surface area contributed by atoms with Gasteiger partial charge in [-0.1, -0.05) is 0 Å². The molecule has 0 bridgehead atoms. The third-order valence-corrected chi connectivity index (χ3v) is 2.48. The maximum Gasteiger partial charge on any atom is 0.119 e. The second-order valence-electron chi connectivity index (χ2n) is 3.56. The topological polar surface area (TPSA) is 26.3 Å². The first-order chi connectivity index (χ1) is 6.24. The number of aryl methyl sites for hydroxylation is 2. The van der Waals surface area contributed by atoms with Gasteiger partial charge in [-0.05, 0) is 26.0 Å². The first-order valence-corrected chi connectivity index (χ1v) is 4.43. The van der Waals surface area contributed by atoms with Crippen molar-refractivity contribution >= 4 is 0 Å². The highest BCUT2D eigenvalue weighted by molar-refractivity contribution is 5.73. The van der Waals surface area contributed by atoms with Crippen LogP contribution in [0.5, 0.6) is 0 Å². The third-order valence-electron chi connectivity index (χ3n) is 2.48. The van der Waals surface area contributed by atoms with Crippen molar-refractivity contribution in [3.05, 3.63) is 35.2 Å². The van der Waals surface area contributed by atoms with Crippen molar-refractivity contribution in [3.63, 3.8) is 0 Å². The molecule has 0 unspecified atom stereocenters. The van der Waals surface area contributed by atoms with Gasteiger partial charge in [-0.2, -0.15) is 0 Å². The van der Waals surface area contributed by atoms with Gasteiger partial charge in [0.05, 0.1) is 6.42 Å². The summed E-state index contributed by atoms with van der Waals surface area (Å²) in [5.41, 5.74) is 2.42. The summed E-state index contributed by atoms with van der Waals surface area (Å²) < 4.78 is 11.1. The monoisotopic (exact) mass is 174 g/mol. The summed E-state index contributed by atoms with van der Waals surface area (Å²) in [6, 6.07) is 4.16. The fourth-order valence-corrected chi connectivity index (χ4v) is 1.99. The van der Waals surface area contributed by atoms with Crippen molar-refractivity contribution in [3.8, 4) is 11.1 Å². The second kappa shape index (κ2) is 2.08. The molecule has 2 nitrogen and oxygen atoms in total. The van der Waals surface area contributed by atoms with Crippen LogP contribution < -0.4 is 0 Å². The second-order valence-corrected chi connectivity index (χ2v) is 3.56. The standard InChI is InChI=1S/C11H10O2/c1-6-3-8-9-4-7(2)13-11(9)5-10(8)12-6/h3-4H,5H2,1-2H3. The van der Waals surface area contributed by atoms with Crippen molar-refractivity contribution in [2.45, 2.75) is 20.3 Å². The average Bonchev–Trinajstić information content (AvgIpc) is 2.60. The van der Waals surface area contributed by atoms with Crippen molar-refractivity contribution in [1.82, 2.24) is 0 Å². The maximum atomic E-state index is 5.55. The summed E-state index contributed by atoms with van der Waals surface area (Å²) in [5, 5.41) is 0. The van der Waals surface area contributed by atoms with Gasteiger partial charge < -0.3 is 8.83 Å². The van der Waals surface area contributed by atoms with Crippen LogP contribution >= 0.6 is 0 Å². The highest BCUT2D eigenvalue weighted by Gasteiger charge is 2.25. The van der Waals surface area contributed by atoms with E-state index in [2.05, 4.69) is 12.1 Å². The predicted molar refractivity (Wildman–Crippen MR) is 48.7 cm³/mol. The molecule has 66 valence electrons. The first kappa shape index (κ1) is 7.01. The summed E-state index contributed by atoms with van der Waals surface area (Å²) in [5.74, 6) is 4.06. The molecule has 0 spiro atoms. The number of fused-ring (bicyclic) bond motifs is 3. The van der Waals surface area contributed by atoms with Crippen LogP contribution in [0.3, 0.4) is 0 Å². The molecule has 0 aromatic carbocycles. The zero-order valence-electron chi connectivity index (χ0n) is 7.68. The van der Waals surface area contributed by atoms with E-state index in [9.17, 15) is 0 Å². The lowest BCUT2D eigenvalue weighted by atomic mass is 10.2. The van der Waals surface area contributed by atoms with Crippen LogP contribution in [0.4, 0.5) is 0 Å². The van der Waals surface area contributed by atoms with Gasteiger partial charge in [0.2, 0.25) is 0 Å². The van der Waals surface area contributed by atoms with E-state index in [0.29, 0.717) is 0 Å². The molecule has 0 saturated carbocycles. The Kier molecular flexibility index (Phi) is 1.12. The molecule has 0 radical (unpaired) electrons. The normalized spacial score (nSPS) is 13.1. The Bertz CT molecular complexity index is 430. The van der Waals surface area contributed by atoms with Crippen molar-refractivity contribution in [1.29, 1.82) is 0 Å². The van der Waals surface area contributed by atoms with Gasteiger partial charge in [-0.15, -0.1) is 0 Å². The maximum absolute atomic E-state index is 5.55. The molecule has 3 rings (SSSR count). The molecule has 0 fully saturated rings. The van der Waals surface area contributed by atoms with Gasteiger partial charge in [0.15, 0.2) is 0 Å². The smallest absolute Gasteiger partial charge is 0.119 e. The van der Waals surface area contributed by atoms with Gasteiger partial charge in [0, 0.05) is 11.1 Å². The zero-order chi connectivity index (χ0) is 9.00. The number of furan rings is 2. The minimum absolute atomic E-state index is 0.812. The SMILES string of the molecule is Cc1cc2c(o1)Cc1oc(C)cc1-2. The largest absolute Gasteiger partial charge is 0.465 e. The minimum Gasteiger partial charge on any atom is -0.465 e. The van der Waals surface area contributed by atoms with Gasteiger partial charge in [0.25, 0.3) is 0 Å². The summed E-state index contributed by atoms with van der Waals surface area (Å²) >= 11 is 0. The van der Waals surface area contributed by atoms with E-state index in [-0.39, 0.29) is 0 Å². The van der Waals surface area contributed by atoms with E-state index < -0.39 is 0 Å². The van der Waals surface area contributed by atoms with Crippen molar-refractivity contribution in [2.75, 3.05) is 0 Å². The van der Waals surface area contributed by atoms with Crippen LogP contribution in [-0.2, 0) is 6.42 Å². The fourth-order valence-electron chi connectivity index (χ4n) is 1.99. The summed E-state index contributed by atoms with van der Waals surface area (Å²) in [6.45, 7) is 3.95. The molecule has 1 aliphatic rings. The summed E-state index contributed by atoms with van der Waals surface area (Å²) in [7, 11) is 0. The molecular weight excluding hydrogens is 164 g/mol. The lowest BCUT2D eigenvalue weighted by Gasteiger charge is -1.87. The third kappa shape index (κ3) is 0.829. The van der Waals surface area contributed by atoms with Gasteiger partial charge in [0.1, 0.15) is 23.0 Å². The molecule has 2 heteroatoms. The highest BCUT2D eigenvalue weighted by Crippen LogP contribution is 2.40. The van der Waals surface area contributed by atoms with Crippen LogP contribution in [0.2, 0.25) is 0 Å². The Hall–Kier alpha value is -1.44. The van der Waals surface area contributed by atoms with Gasteiger partial charge in [-0.3, -0.25) is 0 Å². The molecule has 2 aromatic rings. The molecule has 2 aromatic heterocycles. The Morgan fingerprint density at radius 3 is 1.85 bits per heavy atom. The lowest BCUT2D eigenvalue weighted by Crippen LogP contribution is -1.74. The molecule has 1 aliphatic carbocycles. The highest BCUT2D eigenvalue weighted by atomic mass is 16.4. The Labute approximate surface area is 76.2 Å². The molecule has 13 heavy (non-hydrogen) atoms. The van der Waals surface area contributed by atoms with Crippen LogP contribution in [0, 0.1) is 13.8 Å². The Morgan fingerprint density at radius 2 is 1.38 bits per heavy atom. The van der Waals surface area contributed by atoms with E-state index >= 15 is 0 Å². The lowest BCUT2D eigenvalue weighted by molar-refractivity contribution is 0.457. The minimum atomic E-state index is 0.812. The van der Waals surface area contributed by atoms with E-state index in [1.165, 1.54) is 11.1 Å². The van der Waals surface area contributed by atoms with E-state index in [0.717, 1.165) is 29.5 Å². The van der Waals surface area contributed by atoms with Crippen LogP contribution in [-0.4, -0.2) is 0 Å². The summed E-state index contributed by atoms with van der Waals surface area (Å²) in [6.07, 6.45) is 0.812. The van der Waals surface area contributed by atoms with E-state index in [1.54, 1.807) is 0 Å². The van der Waals surface area contributed by atoms with E-state index in [1.807, 2.05) is 13.8 Å². The van der Waals surface area contributed by atoms with Crippen molar-refractivity contribution < 1.29 is 8.83 Å². The molecule has 0 aliphatic heterocycles. The molecule has 0 amide bonds. The first-order valence-electron chi connectivity index (χ1n) is 4.43. The van der Waals surface area contributed by atoms with Gasteiger partial charge >= 0.3 is 0 Å². The Balaban J connectivity index is 2.28. The molecule has 0 N–H and O–H groups in total. The molecule has 2 heterocycles. The number of rotatable bonds is 0. The van der Waals surface area contributed by atoms with Crippen LogP contribution in [0.1, 0.15) is 23.0 Å². The molecule has 0 saturated heterocycles. The quantitative estimate of drug-likeness (QED) is 0.523. The van der Waals surface area contributed by atoms with Crippen LogP contribution in [0.15, 0.2) is 21.0 Å². The van der Waals surface area contributed by atoms with Crippen LogP contribution in [0.25, 0.3) is 11.1 Å². The predicted octanol–water partition coefficient (Wildman–Crippen LogP) is 3.06. The van der Waals surface area contributed by atoms with Gasteiger partial charge in [-0.25, -0.2) is 0 Å². The fraction of sp³-hybridized carbons (Fsp3) is 0.273. The zero-order valence-corrected chi connectivity index (χ0v) is 7.68. The molecule has 0 atom stereocenters. The number of hydrogen-bond acceptors (Lipinski definition) is 2. The van der Waals surface area contributed by atoms with Crippen molar-refractivity contribution in [2.24, 2.45) is 0 Å². The van der Waals surface area contributed by atoms with E-state index in [4.69, 9.17) is 8.83 Å². The molecular formula is C11H10O2. The Morgan fingerprint density at radius 1 is 0.923 bits per heavy atom. The average molecular weight is 174 g/mol. The number of hydrogen-bond donors (Lipinski definition) is 0. The summed E-state index contributed by atoms with van der Waals surface area (Å²) in [4.78, 5) is 0.